The molecule has 0 bridgehead atoms. The van der Waals surface area contributed by atoms with Gasteiger partial charge in [-0.3, -0.25) is 9.58 Å². The van der Waals surface area contributed by atoms with Crippen molar-refractivity contribution >= 4 is 21.2 Å². The number of thiazole rings is 1. The Morgan fingerprint density at radius 1 is 1.43 bits per heavy atom. The largest absolute Gasteiger partial charge is 0.386 e. The first-order valence-corrected chi connectivity index (χ1v) is 10.3. The molecule has 0 fully saturated rings. The third kappa shape index (κ3) is 3.97. The van der Waals surface area contributed by atoms with Gasteiger partial charge in [-0.15, -0.1) is 11.3 Å². The summed E-state index contributed by atoms with van der Waals surface area (Å²) in [5.41, 5.74) is 4.36. The highest BCUT2D eigenvalue weighted by Gasteiger charge is 2.23. The van der Waals surface area contributed by atoms with Gasteiger partial charge in [0, 0.05) is 30.8 Å². The Morgan fingerprint density at radius 2 is 2.22 bits per heavy atom. The second kappa shape index (κ2) is 6.31. The van der Waals surface area contributed by atoms with E-state index in [0.29, 0.717) is 5.69 Å². The number of aryl methyl sites for hydroxylation is 1. The van der Waals surface area contributed by atoms with Crippen molar-refractivity contribution in [2.45, 2.75) is 32.7 Å². The minimum atomic E-state index is -3.24. The van der Waals surface area contributed by atoms with Crippen molar-refractivity contribution in [1.82, 2.24) is 19.7 Å². The molecule has 2 aromatic rings. The van der Waals surface area contributed by atoms with Crippen LogP contribution in [0.2, 0.25) is 0 Å². The van der Waals surface area contributed by atoms with Gasteiger partial charge in [-0.1, -0.05) is 0 Å². The average molecular weight is 356 g/mol. The van der Waals surface area contributed by atoms with E-state index in [1.165, 1.54) is 4.88 Å². The van der Waals surface area contributed by atoms with Gasteiger partial charge in [-0.2, -0.15) is 5.10 Å². The lowest BCUT2D eigenvalue weighted by Gasteiger charge is -2.27. The molecular weight excluding hydrogens is 336 g/mol. The third-order valence-electron chi connectivity index (χ3n) is 3.91. The second-order valence-electron chi connectivity index (χ2n) is 5.96. The highest BCUT2D eigenvalue weighted by atomic mass is 32.2. The van der Waals surface area contributed by atoms with Gasteiger partial charge in [0.25, 0.3) is 0 Å². The Bertz CT molecular complexity index is 797. The molecule has 2 aromatic heterocycles. The number of rotatable bonds is 5. The number of hydrogen-bond donors (Lipinski definition) is 1. The molecule has 126 valence electrons. The maximum Gasteiger partial charge on any atom is 0.150 e. The molecule has 0 saturated carbocycles. The van der Waals surface area contributed by atoms with Crippen LogP contribution in [0.15, 0.2) is 11.6 Å². The van der Waals surface area contributed by atoms with E-state index in [-0.39, 0.29) is 5.75 Å². The van der Waals surface area contributed by atoms with E-state index in [2.05, 4.69) is 15.0 Å². The van der Waals surface area contributed by atoms with Crippen LogP contribution in [-0.2, 0) is 29.5 Å². The Hall–Kier alpha value is -1.29. The fraction of sp³-hybridized carbons (Fsp3) is 0.571. The van der Waals surface area contributed by atoms with Gasteiger partial charge in [-0.05, 0) is 13.0 Å². The monoisotopic (exact) mass is 356 g/mol. The molecule has 1 atom stereocenters. The summed E-state index contributed by atoms with van der Waals surface area (Å²) in [5.74, 6) is -0.298. The Labute approximate surface area is 139 Å². The smallest absolute Gasteiger partial charge is 0.150 e. The normalized spacial score (nSPS) is 17.2. The molecule has 1 aliphatic rings. The van der Waals surface area contributed by atoms with E-state index < -0.39 is 15.9 Å². The molecule has 23 heavy (non-hydrogen) atoms. The van der Waals surface area contributed by atoms with Crippen LogP contribution in [0.25, 0.3) is 0 Å². The Kier molecular flexibility index (Phi) is 4.54. The summed E-state index contributed by atoms with van der Waals surface area (Å²) in [7, 11) is -3.24. The number of nitrogens with zero attached hydrogens (tertiary/aromatic N) is 4. The predicted octanol–water partition coefficient (Wildman–Crippen LogP) is 0.742. The summed E-state index contributed by atoms with van der Waals surface area (Å²) in [6, 6.07) is 1.81. The zero-order valence-corrected chi connectivity index (χ0v) is 14.8. The van der Waals surface area contributed by atoms with Crippen molar-refractivity contribution in [3.05, 3.63) is 33.5 Å². The van der Waals surface area contributed by atoms with Gasteiger partial charge in [0.15, 0.2) is 0 Å². The number of fused-ring (bicyclic) bond motifs is 1. The molecule has 3 rings (SSSR count). The number of aliphatic hydroxyl groups is 1. The molecule has 1 aliphatic heterocycles. The Balaban J connectivity index is 1.70. The summed E-state index contributed by atoms with van der Waals surface area (Å²) in [6.07, 6.45) is 0.0472. The van der Waals surface area contributed by atoms with Crippen molar-refractivity contribution in [2.75, 3.05) is 18.6 Å². The number of aliphatic hydroxyl groups excluding tert-OH is 1. The maximum atomic E-state index is 11.3. The zero-order valence-electron chi connectivity index (χ0n) is 13.1. The highest BCUT2D eigenvalue weighted by Crippen LogP contribution is 2.22. The number of hydrogen-bond acceptors (Lipinski definition) is 7. The van der Waals surface area contributed by atoms with E-state index in [9.17, 15) is 13.5 Å². The predicted molar refractivity (Wildman–Crippen MR) is 87.9 cm³/mol. The van der Waals surface area contributed by atoms with Gasteiger partial charge < -0.3 is 5.11 Å². The standard InChI is InChI=1S/C14H20N4O3S2/c1-10-14(22-9-15-10)7-17-3-4-18-11(6-17)5-12(16-18)13(19)8-23(2,20)21/h5,9,13,19H,3-4,6-8H2,1-2H3. The molecular formula is C14H20N4O3S2. The van der Waals surface area contributed by atoms with Crippen LogP contribution in [0.3, 0.4) is 0 Å². The first-order chi connectivity index (χ1) is 10.8. The minimum Gasteiger partial charge on any atom is -0.386 e. The van der Waals surface area contributed by atoms with Crippen molar-refractivity contribution in [2.24, 2.45) is 0 Å². The van der Waals surface area contributed by atoms with Crippen LogP contribution >= 0.6 is 11.3 Å². The van der Waals surface area contributed by atoms with Crippen LogP contribution in [0.1, 0.15) is 28.1 Å². The molecule has 0 saturated heterocycles. The van der Waals surface area contributed by atoms with Gasteiger partial charge in [0.05, 0.1) is 34.9 Å². The molecule has 3 heterocycles. The van der Waals surface area contributed by atoms with Gasteiger partial charge in [0.1, 0.15) is 15.9 Å². The summed E-state index contributed by atoms with van der Waals surface area (Å²) >= 11 is 1.66. The zero-order chi connectivity index (χ0) is 16.6. The second-order valence-corrected chi connectivity index (χ2v) is 9.09. The molecule has 7 nitrogen and oxygen atoms in total. The fourth-order valence-electron chi connectivity index (χ4n) is 2.69. The maximum absolute atomic E-state index is 11.3. The molecule has 0 radical (unpaired) electrons. The molecule has 0 amide bonds. The summed E-state index contributed by atoms with van der Waals surface area (Å²) in [4.78, 5) is 7.84. The average Bonchev–Trinajstić information content (AvgIpc) is 3.03. The quantitative estimate of drug-likeness (QED) is 0.850. The van der Waals surface area contributed by atoms with Crippen molar-refractivity contribution < 1.29 is 13.5 Å². The fourth-order valence-corrected chi connectivity index (χ4v) is 4.26. The molecule has 0 aliphatic carbocycles. The van der Waals surface area contributed by atoms with Crippen LogP contribution in [0, 0.1) is 6.92 Å². The topological polar surface area (TPSA) is 88.3 Å². The molecule has 1 N–H and O–H groups in total. The minimum absolute atomic E-state index is 0.298. The van der Waals surface area contributed by atoms with E-state index in [4.69, 9.17) is 0 Å². The van der Waals surface area contributed by atoms with Crippen LogP contribution in [0.4, 0.5) is 0 Å². The van der Waals surface area contributed by atoms with Gasteiger partial charge >= 0.3 is 0 Å². The third-order valence-corrected chi connectivity index (χ3v) is 5.75. The van der Waals surface area contributed by atoms with E-state index >= 15 is 0 Å². The SMILES string of the molecule is Cc1ncsc1CN1CCn2nc(C(O)CS(C)(=O)=O)cc2C1. The highest BCUT2D eigenvalue weighted by molar-refractivity contribution is 7.90. The van der Waals surface area contributed by atoms with Gasteiger partial charge in [-0.25, -0.2) is 13.4 Å². The van der Waals surface area contributed by atoms with Crippen LogP contribution in [0.5, 0.6) is 0 Å². The van der Waals surface area contributed by atoms with E-state index in [0.717, 1.165) is 43.8 Å². The first kappa shape index (κ1) is 16.6. The molecule has 0 aromatic carbocycles. The lowest BCUT2D eigenvalue weighted by Crippen LogP contribution is -2.33. The molecule has 9 heteroatoms. The lowest BCUT2D eigenvalue weighted by molar-refractivity contribution is 0.191. The molecule has 0 spiro atoms. The van der Waals surface area contributed by atoms with E-state index in [1.54, 1.807) is 11.3 Å². The van der Waals surface area contributed by atoms with Gasteiger partial charge in [0.2, 0.25) is 0 Å². The summed E-state index contributed by atoms with van der Waals surface area (Å²) in [6.45, 7) is 5.20. The van der Waals surface area contributed by atoms with Crippen molar-refractivity contribution in [3.8, 4) is 0 Å². The summed E-state index contributed by atoms with van der Waals surface area (Å²) in [5, 5.41) is 14.4. The van der Waals surface area contributed by atoms with Crippen molar-refractivity contribution in [3.63, 3.8) is 0 Å². The number of sulfone groups is 1. The van der Waals surface area contributed by atoms with Crippen LogP contribution < -0.4 is 0 Å². The first-order valence-electron chi connectivity index (χ1n) is 7.35. The van der Waals surface area contributed by atoms with Crippen molar-refractivity contribution in [1.29, 1.82) is 0 Å². The molecule has 1 unspecified atom stereocenters. The van der Waals surface area contributed by atoms with Crippen LogP contribution in [-0.4, -0.2) is 51.7 Å². The lowest BCUT2D eigenvalue weighted by atomic mass is 10.2. The Morgan fingerprint density at radius 3 is 2.87 bits per heavy atom. The summed E-state index contributed by atoms with van der Waals surface area (Å²) < 4.78 is 24.5. The number of aromatic nitrogens is 3. The van der Waals surface area contributed by atoms with E-state index in [1.807, 2.05) is 23.2 Å².